The first-order chi connectivity index (χ1) is 12.4. The second-order valence-corrected chi connectivity index (χ2v) is 6.52. The molecule has 0 saturated heterocycles. The molecule has 0 bridgehead atoms. The SMILES string of the molecule is CC(C)[C@@](C)(C#N)NC(=O)COc1ccc(-c2ccc(C#N)cc2)cc1. The monoisotopic (exact) mass is 347 g/mol. The number of amides is 1. The van der Waals surface area contributed by atoms with Gasteiger partial charge in [-0.25, -0.2) is 0 Å². The number of hydrogen-bond acceptors (Lipinski definition) is 4. The third-order valence-corrected chi connectivity index (χ3v) is 4.36. The smallest absolute Gasteiger partial charge is 0.259 e. The van der Waals surface area contributed by atoms with E-state index in [1.807, 2.05) is 38.1 Å². The van der Waals surface area contributed by atoms with Gasteiger partial charge in [-0.2, -0.15) is 10.5 Å². The molecule has 0 aliphatic rings. The van der Waals surface area contributed by atoms with Gasteiger partial charge >= 0.3 is 0 Å². The van der Waals surface area contributed by atoms with Crippen molar-refractivity contribution in [2.45, 2.75) is 26.3 Å². The molecule has 1 amide bonds. The summed E-state index contributed by atoms with van der Waals surface area (Å²) in [5.74, 6) is 0.225. The fourth-order valence-electron chi connectivity index (χ4n) is 2.26. The van der Waals surface area contributed by atoms with Gasteiger partial charge in [0.25, 0.3) is 5.91 Å². The maximum atomic E-state index is 12.0. The van der Waals surface area contributed by atoms with Crippen LogP contribution in [0.15, 0.2) is 48.5 Å². The largest absolute Gasteiger partial charge is 0.484 e. The molecule has 26 heavy (non-hydrogen) atoms. The Kier molecular flexibility index (Phi) is 5.98. The average Bonchev–Trinajstić information content (AvgIpc) is 2.66. The van der Waals surface area contributed by atoms with Crippen LogP contribution in [0.4, 0.5) is 0 Å². The topological polar surface area (TPSA) is 85.9 Å². The minimum absolute atomic E-state index is 0.0110. The van der Waals surface area contributed by atoms with E-state index in [1.54, 1.807) is 31.2 Å². The lowest BCUT2D eigenvalue weighted by Gasteiger charge is -2.27. The molecule has 0 aliphatic heterocycles. The molecule has 0 fully saturated rings. The molecule has 0 heterocycles. The number of nitrogens with zero attached hydrogens (tertiary/aromatic N) is 2. The van der Waals surface area contributed by atoms with Crippen LogP contribution in [-0.4, -0.2) is 18.1 Å². The normalized spacial score (nSPS) is 12.5. The van der Waals surface area contributed by atoms with Crippen LogP contribution in [0.2, 0.25) is 0 Å². The molecular weight excluding hydrogens is 326 g/mol. The van der Waals surface area contributed by atoms with Crippen LogP contribution < -0.4 is 10.1 Å². The first kappa shape index (κ1) is 19.0. The average molecular weight is 347 g/mol. The lowest BCUT2D eigenvalue weighted by Crippen LogP contribution is -2.50. The summed E-state index contributed by atoms with van der Waals surface area (Å²) in [6.45, 7) is 5.31. The highest BCUT2D eigenvalue weighted by atomic mass is 16.5. The Hall–Kier alpha value is -3.31. The lowest BCUT2D eigenvalue weighted by molar-refractivity contribution is -0.124. The molecule has 0 aliphatic carbocycles. The number of rotatable bonds is 6. The predicted molar refractivity (Wildman–Crippen MR) is 99.1 cm³/mol. The maximum Gasteiger partial charge on any atom is 0.259 e. The summed E-state index contributed by atoms with van der Waals surface area (Å²) < 4.78 is 5.50. The van der Waals surface area contributed by atoms with Crippen molar-refractivity contribution in [2.24, 2.45) is 5.92 Å². The highest BCUT2D eigenvalue weighted by Gasteiger charge is 2.29. The zero-order valence-corrected chi connectivity index (χ0v) is 15.1. The van der Waals surface area contributed by atoms with Crippen molar-refractivity contribution in [1.29, 1.82) is 10.5 Å². The van der Waals surface area contributed by atoms with E-state index in [9.17, 15) is 10.1 Å². The van der Waals surface area contributed by atoms with Gasteiger partial charge in [0.2, 0.25) is 0 Å². The predicted octanol–water partition coefficient (Wildman–Crippen LogP) is 3.66. The Morgan fingerprint density at radius 3 is 2.08 bits per heavy atom. The van der Waals surface area contributed by atoms with Crippen LogP contribution in [0.3, 0.4) is 0 Å². The van der Waals surface area contributed by atoms with E-state index in [4.69, 9.17) is 10.00 Å². The van der Waals surface area contributed by atoms with Crippen LogP contribution in [0.1, 0.15) is 26.3 Å². The minimum Gasteiger partial charge on any atom is -0.484 e. The molecule has 5 heteroatoms. The van der Waals surface area contributed by atoms with Crippen LogP contribution in [0.25, 0.3) is 11.1 Å². The number of nitriles is 2. The molecule has 2 aromatic carbocycles. The van der Waals surface area contributed by atoms with Crippen LogP contribution in [-0.2, 0) is 4.79 Å². The molecule has 0 radical (unpaired) electrons. The van der Waals surface area contributed by atoms with Gasteiger partial charge in [0.15, 0.2) is 6.61 Å². The van der Waals surface area contributed by atoms with E-state index in [1.165, 1.54) is 0 Å². The second-order valence-electron chi connectivity index (χ2n) is 6.52. The van der Waals surface area contributed by atoms with Gasteiger partial charge in [-0.1, -0.05) is 38.1 Å². The van der Waals surface area contributed by atoms with E-state index < -0.39 is 5.54 Å². The Morgan fingerprint density at radius 2 is 1.62 bits per heavy atom. The Morgan fingerprint density at radius 1 is 1.08 bits per heavy atom. The summed E-state index contributed by atoms with van der Waals surface area (Å²) in [7, 11) is 0. The van der Waals surface area contributed by atoms with Crippen LogP contribution in [0.5, 0.6) is 5.75 Å². The molecule has 0 unspecified atom stereocenters. The van der Waals surface area contributed by atoms with E-state index in [2.05, 4.69) is 17.5 Å². The Balaban J connectivity index is 1.96. The van der Waals surface area contributed by atoms with E-state index in [0.29, 0.717) is 11.3 Å². The molecule has 5 nitrogen and oxygen atoms in total. The van der Waals surface area contributed by atoms with Crippen molar-refractivity contribution in [3.05, 3.63) is 54.1 Å². The van der Waals surface area contributed by atoms with Crippen LogP contribution >= 0.6 is 0 Å². The van der Waals surface area contributed by atoms with Gasteiger partial charge in [0.05, 0.1) is 17.7 Å². The highest BCUT2D eigenvalue weighted by Crippen LogP contribution is 2.23. The van der Waals surface area contributed by atoms with Gasteiger partial charge in [-0.3, -0.25) is 4.79 Å². The van der Waals surface area contributed by atoms with Gasteiger partial charge < -0.3 is 10.1 Å². The molecule has 2 rings (SSSR count). The second kappa shape index (κ2) is 8.18. The summed E-state index contributed by atoms with van der Waals surface area (Å²) >= 11 is 0. The number of carbonyl (C=O) groups is 1. The van der Waals surface area contributed by atoms with Crippen molar-refractivity contribution < 1.29 is 9.53 Å². The van der Waals surface area contributed by atoms with Crippen molar-refractivity contribution in [3.63, 3.8) is 0 Å². The van der Waals surface area contributed by atoms with Crippen LogP contribution in [0, 0.1) is 28.6 Å². The van der Waals surface area contributed by atoms with Gasteiger partial charge in [0, 0.05) is 0 Å². The Bertz CT molecular complexity index is 843. The zero-order valence-electron chi connectivity index (χ0n) is 15.1. The zero-order chi connectivity index (χ0) is 19.2. The first-order valence-corrected chi connectivity index (χ1v) is 8.33. The summed E-state index contributed by atoms with van der Waals surface area (Å²) in [5, 5.41) is 20.8. The molecule has 1 N–H and O–H groups in total. The fourth-order valence-corrected chi connectivity index (χ4v) is 2.26. The van der Waals surface area contributed by atoms with E-state index in [0.717, 1.165) is 11.1 Å². The third kappa shape index (κ3) is 4.62. The maximum absolute atomic E-state index is 12.0. The Labute approximate surface area is 153 Å². The molecule has 1 atom stereocenters. The van der Waals surface area contributed by atoms with E-state index >= 15 is 0 Å². The number of benzene rings is 2. The minimum atomic E-state index is -0.917. The molecule has 0 saturated carbocycles. The first-order valence-electron chi connectivity index (χ1n) is 8.33. The number of nitrogens with one attached hydrogen (secondary N) is 1. The van der Waals surface area contributed by atoms with Gasteiger partial charge in [-0.15, -0.1) is 0 Å². The molecule has 132 valence electrons. The quantitative estimate of drug-likeness (QED) is 0.864. The number of hydrogen-bond donors (Lipinski definition) is 1. The molecule has 0 aromatic heterocycles. The molecular formula is C21H21N3O2. The third-order valence-electron chi connectivity index (χ3n) is 4.36. The summed E-state index contributed by atoms with van der Waals surface area (Å²) in [4.78, 5) is 12.0. The number of ether oxygens (including phenoxy) is 1. The summed E-state index contributed by atoms with van der Waals surface area (Å²) in [6, 6.07) is 18.9. The van der Waals surface area contributed by atoms with Crippen molar-refractivity contribution in [1.82, 2.24) is 5.32 Å². The lowest BCUT2D eigenvalue weighted by atomic mass is 9.90. The summed E-state index contributed by atoms with van der Waals surface area (Å²) in [5.41, 5.74) is 1.68. The van der Waals surface area contributed by atoms with Gasteiger partial charge in [-0.05, 0) is 48.2 Å². The van der Waals surface area contributed by atoms with Crippen molar-refractivity contribution in [2.75, 3.05) is 6.61 Å². The standard InChI is InChI=1S/C21H21N3O2/c1-15(2)21(3,14-23)24-20(25)13-26-19-10-8-18(9-11-19)17-6-4-16(12-22)5-7-17/h4-11,15H,13H2,1-3H3,(H,24,25)/t21-/m1/s1. The highest BCUT2D eigenvalue weighted by molar-refractivity contribution is 5.79. The fraction of sp³-hybridized carbons (Fsp3) is 0.286. The summed E-state index contributed by atoms with van der Waals surface area (Å²) in [6.07, 6.45) is 0. The molecule has 0 spiro atoms. The number of carbonyl (C=O) groups excluding carboxylic acids is 1. The molecule has 2 aromatic rings. The van der Waals surface area contributed by atoms with Crippen molar-refractivity contribution in [3.8, 4) is 29.0 Å². The van der Waals surface area contributed by atoms with E-state index in [-0.39, 0.29) is 18.4 Å². The van der Waals surface area contributed by atoms with Gasteiger partial charge in [0.1, 0.15) is 11.3 Å². The van der Waals surface area contributed by atoms with Crippen molar-refractivity contribution >= 4 is 5.91 Å².